The monoisotopic (exact) mass is 350 g/mol. The van der Waals surface area contributed by atoms with Crippen LogP contribution in [0.15, 0.2) is 27.6 Å². The van der Waals surface area contributed by atoms with Gasteiger partial charge in [0.25, 0.3) is 5.91 Å². The van der Waals surface area contributed by atoms with Gasteiger partial charge in [-0.2, -0.15) is 0 Å². The van der Waals surface area contributed by atoms with E-state index in [-0.39, 0.29) is 22.4 Å². The van der Waals surface area contributed by atoms with Gasteiger partial charge in [-0.3, -0.25) is 4.79 Å². The lowest BCUT2D eigenvalue weighted by Crippen LogP contribution is -2.35. The van der Waals surface area contributed by atoms with Crippen LogP contribution in [-0.2, 0) is 14.8 Å². The molecule has 0 bridgehead atoms. The van der Waals surface area contributed by atoms with Gasteiger partial charge in [0.1, 0.15) is 0 Å². The Labute approximate surface area is 120 Å². The van der Waals surface area contributed by atoms with Crippen LogP contribution in [0.5, 0.6) is 0 Å². The van der Waals surface area contributed by atoms with Crippen molar-refractivity contribution < 1.29 is 17.9 Å². The molecule has 1 amide bonds. The van der Waals surface area contributed by atoms with Crippen molar-refractivity contribution in [2.24, 2.45) is 5.14 Å². The standard InChI is InChI=1S/C11H15BrN2O4S/c1-7(6-18-2)14-11(15)8-3-4-9(12)10(5-8)19(13,16)17/h3-5,7H,6H2,1-2H3,(H,14,15)(H2,13,16,17). The number of carbonyl (C=O) groups excluding carboxylic acids is 1. The van der Waals surface area contributed by atoms with Crippen LogP contribution < -0.4 is 10.5 Å². The Balaban J connectivity index is 3.00. The van der Waals surface area contributed by atoms with Crippen LogP contribution in [0.2, 0.25) is 0 Å². The second kappa shape index (κ2) is 6.47. The average Bonchev–Trinajstić information content (AvgIpc) is 2.27. The molecule has 0 aromatic heterocycles. The van der Waals surface area contributed by atoms with Gasteiger partial charge in [-0.05, 0) is 41.1 Å². The number of nitrogens with two attached hydrogens (primary N) is 1. The topological polar surface area (TPSA) is 98.5 Å². The zero-order valence-corrected chi connectivity index (χ0v) is 12.9. The third kappa shape index (κ3) is 4.57. The maximum absolute atomic E-state index is 11.9. The second-order valence-electron chi connectivity index (χ2n) is 4.02. The quantitative estimate of drug-likeness (QED) is 0.822. The lowest BCUT2D eigenvalue weighted by molar-refractivity contribution is 0.0905. The van der Waals surface area contributed by atoms with E-state index in [0.29, 0.717) is 11.1 Å². The molecule has 0 saturated carbocycles. The SMILES string of the molecule is COCC(C)NC(=O)c1ccc(Br)c(S(N)(=O)=O)c1. The molecule has 0 aliphatic carbocycles. The van der Waals surface area contributed by atoms with Gasteiger partial charge < -0.3 is 10.1 Å². The maximum Gasteiger partial charge on any atom is 0.251 e. The Bertz CT molecular complexity index is 574. The molecule has 106 valence electrons. The number of hydrogen-bond acceptors (Lipinski definition) is 4. The van der Waals surface area contributed by atoms with E-state index in [1.165, 1.54) is 25.3 Å². The molecule has 0 fully saturated rings. The number of ether oxygens (including phenoxy) is 1. The molecule has 0 heterocycles. The Morgan fingerprint density at radius 3 is 2.68 bits per heavy atom. The number of amides is 1. The number of primary sulfonamides is 1. The fourth-order valence-electron chi connectivity index (χ4n) is 1.46. The molecule has 3 N–H and O–H groups in total. The summed E-state index contributed by atoms with van der Waals surface area (Å²) in [4.78, 5) is 11.8. The first-order chi connectivity index (χ1) is 8.75. The zero-order chi connectivity index (χ0) is 14.6. The Morgan fingerprint density at radius 1 is 1.53 bits per heavy atom. The molecule has 0 saturated heterocycles. The molecule has 8 heteroatoms. The third-order valence-corrected chi connectivity index (χ3v) is 4.20. The number of halogens is 1. The lowest BCUT2D eigenvalue weighted by Gasteiger charge is -2.13. The van der Waals surface area contributed by atoms with Gasteiger partial charge in [0.15, 0.2) is 0 Å². The van der Waals surface area contributed by atoms with Crippen LogP contribution >= 0.6 is 15.9 Å². The van der Waals surface area contributed by atoms with Gasteiger partial charge in [-0.25, -0.2) is 13.6 Å². The van der Waals surface area contributed by atoms with E-state index in [4.69, 9.17) is 9.88 Å². The number of sulfonamides is 1. The van der Waals surface area contributed by atoms with Gasteiger partial charge in [0.05, 0.1) is 11.5 Å². The fourth-order valence-corrected chi connectivity index (χ4v) is 3.02. The highest BCUT2D eigenvalue weighted by Crippen LogP contribution is 2.22. The van der Waals surface area contributed by atoms with Crippen LogP contribution in [0.4, 0.5) is 0 Å². The average molecular weight is 351 g/mol. The third-order valence-electron chi connectivity index (χ3n) is 2.29. The number of hydrogen-bond donors (Lipinski definition) is 2. The zero-order valence-electron chi connectivity index (χ0n) is 10.5. The summed E-state index contributed by atoms with van der Waals surface area (Å²) in [5.41, 5.74) is 0.218. The van der Waals surface area contributed by atoms with Gasteiger partial charge in [-0.1, -0.05) is 0 Å². The minimum Gasteiger partial charge on any atom is -0.383 e. The summed E-state index contributed by atoms with van der Waals surface area (Å²) in [6.45, 7) is 2.14. The van der Waals surface area contributed by atoms with E-state index in [9.17, 15) is 13.2 Å². The molecular weight excluding hydrogens is 336 g/mol. The molecule has 1 rings (SSSR count). The molecular formula is C11H15BrN2O4S. The number of nitrogens with one attached hydrogen (secondary N) is 1. The van der Waals surface area contributed by atoms with Crippen LogP contribution in [-0.4, -0.2) is 34.1 Å². The van der Waals surface area contributed by atoms with E-state index < -0.39 is 10.0 Å². The van der Waals surface area contributed by atoms with Crippen molar-refractivity contribution >= 4 is 31.9 Å². The molecule has 0 radical (unpaired) electrons. The van der Waals surface area contributed by atoms with Crippen LogP contribution in [0.25, 0.3) is 0 Å². The second-order valence-corrected chi connectivity index (χ2v) is 6.40. The summed E-state index contributed by atoms with van der Waals surface area (Å²) in [6, 6.07) is 4.02. The molecule has 6 nitrogen and oxygen atoms in total. The van der Waals surface area contributed by atoms with Crippen molar-refractivity contribution in [2.75, 3.05) is 13.7 Å². The smallest absolute Gasteiger partial charge is 0.251 e. The fraction of sp³-hybridized carbons (Fsp3) is 0.364. The van der Waals surface area contributed by atoms with Gasteiger partial charge in [0, 0.05) is 23.2 Å². The molecule has 1 atom stereocenters. The largest absolute Gasteiger partial charge is 0.383 e. The predicted octanol–water partition coefficient (Wildman–Crippen LogP) is 0.861. The molecule has 0 spiro atoms. The molecule has 0 aliphatic heterocycles. The molecule has 1 unspecified atom stereocenters. The summed E-state index contributed by atoms with van der Waals surface area (Å²) in [6.07, 6.45) is 0. The highest BCUT2D eigenvalue weighted by Gasteiger charge is 2.17. The first kappa shape index (κ1) is 16.1. The van der Waals surface area contributed by atoms with E-state index in [1.807, 2.05) is 0 Å². The molecule has 0 aliphatic rings. The highest BCUT2D eigenvalue weighted by molar-refractivity contribution is 9.10. The van der Waals surface area contributed by atoms with E-state index >= 15 is 0 Å². The van der Waals surface area contributed by atoms with E-state index in [0.717, 1.165) is 0 Å². The first-order valence-corrected chi connectivity index (χ1v) is 7.71. The number of rotatable bonds is 5. The Morgan fingerprint density at radius 2 is 2.16 bits per heavy atom. The summed E-state index contributed by atoms with van der Waals surface area (Å²) < 4.78 is 27.9. The van der Waals surface area contributed by atoms with Gasteiger partial charge in [-0.15, -0.1) is 0 Å². The molecule has 19 heavy (non-hydrogen) atoms. The normalized spacial score (nSPS) is 13.1. The van der Waals surface area contributed by atoms with Crippen molar-refractivity contribution in [3.8, 4) is 0 Å². The van der Waals surface area contributed by atoms with Gasteiger partial charge >= 0.3 is 0 Å². The van der Waals surface area contributed by atoms with Crippen LogP contribution in [0, 0.1) is 0 Å². The minimum atomic E-state index is -3.88. The van der Waals surface area contributed by atoms with Crippen molar-refractivity contribution in [2.45, 2.75) is 17.9 Å². The van der Waals surface area contributed by atoms with Crippen molar-refractivity contribution in [3.63, 3.8) is 0 Å². The number of carbonyl (C=O) groups is 1. The van der Waals surface area contributed by atoms with E-state index in [2.05, 4.69) is 21.2 Å². The highest BCUT2D eigenvalue weighted by atomic mass is 79.9. The van der Waals surface area contributed by atoms with Crippen molar-refractivity contribution in [3.05, 3.63) is 28.2 Å². The van der Waals surface area contributed by atoms with Crippen molar-refractivity contribution in [1.82, 2.24) is 5.32 Å². The summed E-state index contributed by atoms with van der Waals surface area (Å²) >= 11 is 3.08. The lowest BCUT2D eigenvalue weighted by atomic mass is 10.2. The Kier molecular flexibility index (Phi) is 5.48. The molecule has 1 aromatic carbocycles. The van der Waals surface area contributed by atoms with Crippen LogP contribution in [0.3, 0.4) is 0 Å². The minimum absolute atomic E-state index is 0.125. The Hall–Kier alpha value is -0.960. The summed E-state index contributed by atoms with van der Waals surface area (Å²) in [5.74, 6) is -0.387. The van der Waals surface area contributed by atoms with E-state index in [1.54, 1.807) is 6.92 Å². The summed E-state index contributed by atoms with van der Waals surface area (Å²) in [7, 11) is -2.35. The van der Waals surface area contributed by atoms with Gasteiger partial charge in [0.2, 0.25) is 10.0 Å². The first-order valence-electron chi connectivity index (χ1n) is 5.38. The number of methoxy groups -OCH3 is 1. The summed E-state index contributed by atoms with van der Waals surface area (Å²) in [5, 5.41) is 7.75. The maximum atomic E-state index is 11.9. The number of benzene rings is 1. The predicted molar refractivity (Wildman–Crippen MR) is 74.3 cm³/mol. The van der Waals surface area contributed by atoms with Crippen molar-refractivity contribution in [1.29, 1.82) is 0 Å². The van der Waals surface area contributed by atoms with Crippen LogP contribution in [0.1, 0.15) is 17.3 Å². The molecule has 1 aromatic rings.